The quantitative estimate of drug-likeness (QED) is 0.213. The van der Waals surface area contributed by atoms with Crippen molar-refractivity contribution in [3.63, 3.8) is 0 Å². The first-order valence-corrected chi connectivity index (χ1v) is 14.1. The van der Waals surface area contributed by atoms with Crippen LogP contribution in [-0.4, -0.2) is 19.9 Å². The highest BCUT2D eigenvalue weighted by molar-refractivity contribution is 6.09. The van der Waals surface area contributed by atoms with Crippen LogP contribution in [0.15, 0.2) is 150 Å². The molecule has 3 aromatic heterocycles. The van der Waals surface area contributed by atoms with Gasteiger partial charge in [0.2, 0.25) is 0 Å². The average molecular weight is 553 g/mol. The van der Waals surface area contributed by atoms with E-state index in [9.17, 15) is 0 Å². The van der Waals surface area contributed by atoms with Crippen molar-refractivity contribution < 1.29 is 4.42 Å². The summed E-state index contributed by atoms with van der Waals surface area (Å²) in [7, 11) is 0. The Bertz CT molecular complexity index is 2210. The summed E-state index contributed by atoms with van der Waals surface area (Å²) in [4.78, 5) is 19.5. The minimum absolute atomic E-state index is 0.573. The van der Waals surface area contributed by atoms with E-state index in [1.807, 2.05) is 66.7 Å². The molecule has 3 heterocycles. The van der Waals surface area contributed by atoms with Crippen LogP contribution in [0.2, 0.25) is 0 Å². The maximum atomic E-state index is 6.10. The summed E-state index contributed by atoms with van der Waals surface area (Å²) in [6.45, 7) is 0. The van der Waals surface area contributed by atoms with Gasteiger partial charge in [0, 0.05) is 22.9 Å². The van der Waals surface area contributed by atoms with E-state index >= 15 is 0 Å². The van der Waals surface area contributed by atoms with Gasteiger partial charge in [-0.1, -0.05) is 121 Å². The van der Waals surface area contributed by atoms with Gasteiger partial charge in [-0.3, -0.25) is 4.98 Å². The maximum Gasteiger partial charge on any atom is 0.164 e. The Morgan fingerprint density at radius 3 is 1.49 bits per heavy atom. The van der Waals surface area contributed by atoms with Gasteiger partial charge >= 0.3 is 0 Å². The fourth-order valence-electron chi connectivity index (χ4n) is 5.47. The van der Waals surface area contributed by atoms with Crippen LogP contribution in [0.5, 0.6) is 0 Å². The molecule has 0 N–H and O–H groups in total. The SMILES string of the molecule is c1ccc(-c2ccc(-c3ccc(-c4nc(-c5ccccc5)nc(-c5cccc6oc7cccnc7c56)n4)cc3)cc2)cc1. The van der Waals surface area contributed by atoms with Crippen molar-refractivity contribution in [2.24, 2.45) is 0 Å². The summed E-state index contributed by atoms with van der Waals surface area (Å²) < 4.78 is 6.10. The lowest BCUT2D eigenvalue weighted by atomic mass is 9.99. The number of benzene rings is 5. The minimum atomic E-state index is 0.573. The van der Waals surface area contributed by atoms with Crippen molar-refractivity contribution >= 4 is 22.1 Å². The van der Waals surface area contributed by atoms with Gasteiger partial charge in [0.25, 0.3) is 0 Å². The van der Waals surface area contributed by atoms with Crippen LogP contribution in [0.1, 0.15) is 0 Å². The summed E-state index contributed by atoms with van der Waals surface area (Å²) in [5, 5.41) is 0.892. The van der Waals surface area contributed by atoms with Crippen LogP contribution in [0.3, 0.4) is 0 Å². The zero-order valence-corrected chi connectivity index (χ0v) is 23.1. The molecule has 8 rings (SSSR count). The Labute approximate surface area is 248 Å². The van der Waals surface area contributed by atoms with Crippen molar-refractivity contribution in [3.05, 3.63) is 146 Å². The van der Waals surface area contributed by atoms with Crippen molar-refractivity contribution in [2.75, 3.05) is 0 Å². The highest BCUT2D eigenvalue weighted by Gasteiger charge is 2.18. The zero-order valence-electron chi connectivity index (χ0n) is 23.1. The molecule has 5 aromatic carbocycles. The van der Waals surface area contributed by atoms with Crippen molar-refractivity contribution in [3.8, 4) is 56.4 Å². The van der Waals surface area contributed by atoms with Gasteiger partial charge in [-0.2, -0.15) is 0 Å². The number of furan rings is 1. The summed E-state index contributed by atoms with van der Waals surface area (Å²) in [5.74, 6) is 1.79. The van der Waals surface area contributed by atoms with Gasteiger partial charge in [0.1, 0.15) is 11.1 Å². The third-order valence-electron chi connectivity index (χ3n) is 7.63. The minimum Gasteiger partial charge on any atom is -0.454 e. The molecule has 202 valence electrons. The Morgan fingerprint density at radius 1 is 0.372 bits per heavy atom. The standard InChI is InChI=1S/C38H24N4O/c1-3-9-25(10-4-1)26-16-18-27(19-17-26)28-20-22-30(23-21-28)37-40-36(29-11-5-2-6-12-29)41-38(42-37)31-13-7-14-32-34(31)35-33(43-32)15-8-24-39-35/h1-24H. The van der Waals surface area contributed by atoms with Crippen molar-refractivity contribution in [2.45, 2.75) is 0 Å². The van der Waals surface area contributed by atoms with E-state index in [0.717, 1.165) is 49.9 Å². The summed E-state index contributed by atoms with van der Waals surface area (Å²) in [6.07, 6.45) is 1.78. The molecular weight excluding hydrogens is 528 g/mol. The highest BCUT2D eigenvalue weighted by Crippen LogP contribution is 2.35. The molecular formula is C38H24N4O. The number of hydrogen-bond donors (Lipinski definition) is 0. The Morgan fingerprint density at radius 2 is 0.860 bits per heavy atom. The van der Waals surface area contributed by atoms with Gasteiger partial charge in [-0.05, 0) is 40.5 Å². The third-order valence-corrected chi connectivity index (χ3v) is 7.63. The average Bonchev–Trinajstić information content (AvgIpc) is 3.48. The van der Waals surface area contributed by atoms with E-state index in [1.54, 1.807) is 6.20 Å². The molecule has 0 saturated carbocycles. The normalized spacial score (nSPS) is 11.3. The third kappa shape index (κ3) is 4.63. The Kier molecular flexibility index (Phi) is 6.05. The van der Waals surface area contributed by atoms with Gasteiger partial charge in [-0.25, -0.2) is 15.0 Å². The monoisotopic (exact) mass is 552 g/mol. The maximum absolute atomic E-state index is 6.10. The number of pyridine rings is 1. The number of aromatic nitrogens is 4. The molecule has 8 aromatic rings. The first kappa shape index (κ1) is 24.8. The van der Waals surface area contributed by atoms with E-state index in [2.05, 4.69) is 77.8 Å². The lowest BCUT2D eigenvalue weighted by Crippen LogP contribution is -2.00. The lowest BCUT2D eigenvalue weighted by Gasteiger charge is -2.10. The summed E-state index contributed by atoms with van der Waals surface area (Å²) in [6, 6.07) is 47.2. The van der Waals surface area contributed by atoms with Crippen molar-refractivity contribution in [1.29, 1.82) is 0 Å². The molecule has 0 aliphatic heterocycles. The topological polar surface area (TPSA) is 64.7 Å². The molecule has 0 bridgehead atoms. The molecule has 0 aliphatic carbocycles. The molecule has 0 spiro atoms. The number of fused-ring (bicyclic) bond motifs is 3. The summed E-state index contributed by atoms with van der Waals surface area (Å²) in [5.41, 5.74) is 9.64. The molecule has 0 aliphatic rings. The second kappa shape index (κ2) is 10.5. The fraction of sp³-hybridized carbons (Fsp3) is 0. The van der Waals surface area contributed by atoms with E-state index < -0.39 is 0 Å². The van der Waals surface area contributed by atoms with Crippen LogP contribution in [-0.2, 0) is 0 Å². The first-order valence-electron chi connectivity index (χ1n) is 14.1. The molecule has 0 atom stereocenters. The molecule has 0 saturated heterocycles. The predicted octanol–water partition coefficient (Wildman–Crippen LogP) is 9.50. The van der Waals surface area contributed by atoms with Gasteiger partial charge in [0.05, 0.1) is 5.39 Å². The zero-order chi connectivity index (χ0) is 28.6. The van der Waals surface area contributed by atoms with Gasteiger partial charge in [-0.15, -0.1) is 0 Å². The van der Waals surface area contributed by atoms with Gasteiger partial charge < -0.3 is 4.42 Å². The van der Waals surface area contributed by atoms with E-state index in [1.165, 1.54) is 11.1 Å². The van der Waals surface area contributed by atoms with E-state index in [4.69, 9.17) is 19.4 Å². The highest BCUT2D eigenvalue weighted by atomic mass is 16.3. The molecule has 0 unspecified atom stereocenters. The number of rotatable bonds is 5. The Hall–Kier alpha value is -5.94. The van der Waals surface area contributed by atoms with Gasteiger partial charge in [0.15, 0.2) is 23.1 Å². The summed E-state index contributed by atoms with van der Waals surface area (Å²) >= 11 is 0. The lowest BCUT2D eigenvalue weighted by molar-refractivity contribution is 0.668. The molecule has 5 nitrogen and oxygen atoms in total. The number of nitrogens with zero attached hydrogens (tertiary/aromatic N) is 4. The van der Waals surface area contributed by atoms with E-state index in [0.29, 0.717) is 17.5 Å². The first-order chi connectivity index (χ1) is 21.3. The van der Waals surface area contributed by atoms with Crippen molar-refractivity contribution in [1.82, 2.24) is 19.9 Å². The molecule has 0 amide bonds. The molecule has 0 radical (unpaired) electrons. The molecule has 43 heavy (non-hydrogen) atoms. The largest absolute Gasteiger partial charge is 0.454 e. The molecule has 5 heteroatoms. The van der Waals surface area contributed by atoms with Crippen LogP contribution in [0, 0.1) is 0 Å². The second-order valence-corrected chi connectivity index (χ2v) is 10.3. The Balaban J connectivity index is 1.22. The molecule has 0 fully saturated rings. The van der Waals surface area contributed by atoms with E-state index in [-0.39, 0.29) is 0 Å². The van der Waals surface area contributed by atoms with Crippen LogP contribution in [0.25, 0.3) is 78.5 Å². The number of hydrogen-bond acceptors (Lipinski definition) is 5. The van der Waals surface area contributed by atoms with Crippen LogP contribution >= 0.6 is 0 Å². The second-order valence-electron chi connectivity index (χ2n) is 10.3. The predicted molar refractivity (Wildman–Crippen MR) is 172 cm³/mol. The van der Waals surface area contributed by atoms with Crippen LogP contribution < -0.4 is 0 Å². The smallest absolute Gasteiger partial charge is 0.164 e. The van der Waals surface area contributed by atoms with Crippen LogP contribution in [0.4, 0.5) is 0 Å². The fourth-order valence-corrected chi connectivity index (χ4v) is 5.47.